The monoisotopic (exact) mass is 549 g/mol. The molecule has 9 nitrogen and oxygen atoms in total. The number of allylic oxidation sites excluding steroid dienone is 2. The van der Waals surface area contributed by atoms with Crippen LogP contribution in [0.4, 0.5) is 8.63 Å². The smallest absolute Gasteiger partial charge is 0.394 e. The summed E-state index contributed by atoms with van der Waals surface area (Å²) in [5, 5.41) is 2.77. The van der Waals surface area contributed by atoms with Gasteiger partial charge in [0.2, 0.25) is 5.91 Å². The number of aryl methyl sites for hydroxylation is 2. The van der Waals surface area contributed by atoms with Crippen LogP contribution in [-0.2, 0) is 28.5 Å². The molecule has 0 unspecified atom stereocenters. The van der Waals surface area contributed by atoms with Gasteiger partial charge in [-0.1, -0.05) is 5.92 Å². The van der Waals surface area contributed by atoms with Crippen LogP contribution < -0.4 is 5.32 Å². The van der Waals surface area contributed by atoms with E-state index in [1.165, 1.54) is 0 Å². The second-order valence-corrected chi connectivity index (χ2v) is 9.13. The second-order valence-electron chi connectivity index (χ2n) is 9.13. The van der Waals surface area contributed by atoms with E-state index < -0.39 is 6.97 Å². The highest BCUT2D eigenvalue weighted by molar-refractivity contribution is 6.58. The molecule has 214 valence electrons. The minimum Gasteiger partial charge on any atom is -0.394 e. The van der Waals surface area contributed by atoms with Gasteiger partial charge in [0.15, 0.2) is 5.70 Å². The molecule has 0 aromatic carbocycles. The van der Waals surface area contributed by atoms with Crippen molar-refractivity contribution < 1.29 is 41.6 Å². The standard InChI is InChI=1S/C27H38BF2N3O6/c1-4-10-35-12-14-37-16-18-39-19-17-38-15-13-36-11-9-31-27(34)8-7-24-5-6-25-21-26-22(2)20-23(3)32(26)28(29,30)33(24)25/h1,5-6,20-21H,7-19H2,2-3H3,(H,31,34). The Kier molecular flexibility index (Phi) is 12.4. The predicted octanol–water partition coefficient (Wildman–Crippen LogP) is 2.32. The van der Waals surface area contributed by atoms with Crippen molar-refractivity contribution in [3.8, 4) is 12.3 Å². The van der Waals surface area contributed by atoms with Gasteiger partial charge in [-0.2, -0.15) is 0 Å². The number of carbonyl (C=O) groups excluding carboxylic acids is 1. The molecule has 0 fully saturated rings. The molecule has 0 radical (unpaired) electrons. The van der Waals surface area contributed by atoms with Gasteiger partial charge >= 0.3 is 6.97 Å². The summed E-state index contributed by atoms with van der Waals surface area (Å²) in [5.41, 5.74) is 2.77. The maximum atomic E-state index is 15.4. The summed E-state index contributed by atoms with van der Waals surface area (Å²) in [6.45, 7) is 4.03. The Morgan fingerprint density at radius 1 is 0.974 bits per heavy atom. The number of halogens is 2. The first-order valence-corrected chi connectivity index (χ1v) is 13.2. The van der Waals surface area contributed by atoms with Crippen molar-refractivity contribution in [1.29, 1.82) is 0 Å². The molecular formula is C27H38BF2N3O6. The summed E-state index contributed by atoms with van der Waals surface area (Å²) in [6.07, 6.45) is 10.5. The largest absolute Gasteiger partial charge is 0.737 e. The Morgan fingerprint density at radius 3 is 2.18 bits per heavy atom. The van der Waals surface area contributed by atoms with Crippen molar-refractivity contribution in [2.75, 3.05) is 72.6 Å². The molecule has 1 N–H and O–H groups in total. The van der Waals surface area contributed by atoms with Crippen molar-refractivity contribution in [3.63, 3.8) is 0 Å². The number of hydrogen-bond donors (Lipinski definition) is 1. The zero-order chi connectivity index (χ0) is 28.1. The highest BCUT2D eigenvalue weighted by atomic mass is 19.2. The van der Waals surface area contributed by atoms with Crippen LogP contribution in [0.5, 0.6) is 0 Å². The predicted molar refractivity (Wildman–Crippen MR) is 145 cm³/mol. The van der Waals surface area contributed by atoms with Gasteiger partial charge in [0.05, 0.1) is 59.5 Å². The first-order valence-electron chi connectivity index (χ1n) is 13.2. The van der Waals surface area contributed by atoms with Crippen LogP contribution in [0.25, 0.3) is 6.08 Å². The molecular weight excluding hydrogens is 511 g/mol. The molecule has 2 aliphatic rings. The zero-order valence-electron chi connectivity index (χ0n) is 22.8. The number of ether oxygens (including phenoxy) is 5. The zero-order valence-corrected chi connectivity index (χ0v) is 22.8. The van der Waals surface area contributed by atoms with Gasteiger partial charge in [0, 0.05) is 43.3 Å². The number of fused-ring (bicyclic) bond motifs is 2. The third kappa shape index (κ3) is 8.85. The van der Waals surface area contributed by atoms with Gasteiger partial charge in [-0.15, -0.1) is 6.42 Å². The Balaban J connectivity index is 1.21. The maximum Gasteiger partial charge on any atom is 0.737 e. The topological polar surface area (TPSA) is 83.2 Å². The van der Waals surface area contributed by atoms with E-state index in [1.807, 2.05) is 6.92 Å². The number of aromatic nitrogens is 1. The molecule has 0 aliphatic carbocycles. The van der Waals surface area contributed by atoms with E-state index in [1.54, 1.807) is 31.2 Å². The van der Waals surface area contributed by atoms with Crippen LogP contribution in [0, 0.1) is 26.2 Å². The molecule has 3 rings (SSSR count). The molecule has 0 atom stereocenters. The molecule has 1 amide bonds. The fourth-order valence-corrected chi connectivity index (χ4v) is 4.50. The van der Waals surface area contributed by atoms with Crippen molar-refractivity contribution in [2.45, 2.75) is 26.7 Å². The van der Waals surface area contributed by atoms with Gasteiger partial charge in [0.1, 0.15) is 12.3 Å². The van der Waals surface area contributed by atoms with Gasteiger partial charge < -0.3 is 46.6 Å². The Morgan fingerprint density at radius 2 is 1.56 bits per heavy atom. The number of carbonyl (C=O) groups is 1. The number of rotatable bonds is 19. The Labute approximate surface area is 228 Å². The van der Waals surface area contributed by atoms with Gasteiger partial charge in [0.25, 0.3) is 0 Å². The van der Waals surface area contributed by atoms with Crippen molar-refractivity contribution in [2.24, 2.45) is 0 Å². The quantitative estimate of drug-likeness (QED) is 0.162. The molecule has 12 heteroatoms. The van der Waals surface area contributed by atoms with E-state index >= 15 is 8.63 Å². The van der Waals surface area contributed by atoms with E-state index in [2.05, 4.69) is 11.2 Å². The average Bonchev–Trinajstić information content (AvgIpc) is 3.45. The lowest BCUT2D eigenvalue weighted by Crippen LogP contribution is -2.50. The van der Waals surface area contributed by atoms with Crippen molar-refractivity contribution in [1.82, 2.24) is 9.79 Å². The molecule has 0 saturated heterocycles. The number of amides is 1. The van der Waals surface area contributed by atoms with Crippen LogP contribution in [0.15, 0.2) is 23.9 Å². The molecule has 0 bridgehead atoms. The first kappa shape index (κ1) is 30.7. The summed E-state index contributed by atoms with van der Waals surface area (Å²) in [6, 6.07) is 1.77. The number of hydrogen-bond acceptors (Lipinski definition) is 6. The van der Waals surface area contributed by atoms with Crippen LogP contribution in [0.3, 0.4) is 0 Å². The molecule has 0 spiro atoms. The fraction of sp³-hybridized carbons (Fsp3) is 0.556. The van der Waals surface area contributed by atoms with Gasteiger partial charge in [-0.05, 0) is 31.2 Å². The minimum absolute atomic E-state index is 0.111. The lowest BCUT2D eigenvalue weighted by molar-refractivity contribution is -0.362. The first-order chi connectivity index (χ1) is 18.9. The van der Waals surface area contributed by atoms with Crippen LogP contribution >= 0.6 is 0 Å². The van der Waals surface area contributed by atoms with E-state index in [0.717, 1.165) is 14.5 Å². The van der Waals surface area contributed by atoms with E-state index in [0.29, 0.717) is 88.8 Å². The fourth-order valence-electron chi connectivity index (χ4n) is 4.50. The lowest BCUT2D eigenvalue weighted by Gasteiger charge is -2.30. The van der Waals surface area contributed by atoms with Crippen molar-refractivity contribution >= 4 is 24.7 Å². The average molecular weight is 549 g/mol. The highest BCUT2D eigenvalue weighted by Crippen LogP contribution is 2.34. The number of nitrogens with one attached hydrogen (secondary N) is 1. The van der Waals surface area contributed by atoms with Crippen molar-refractivity contribution in [3.05, 3.63) is 40.9 Å². The Bertz CT molecular complexity index is 1110. The van der Waals surface area contributed by atoms with Crippen LogP contribution in [0.1, 0.15) is 29.8 Å². The molecule has 0 saturated carbocycles. The lowest BCUT2D eigenvalue weighted by atomic mass is 9.90. The molecule has 3 heterocycles. The van der Waals surface area contributed by atoms with E-state index in [9.17, 15) is 4.79 Å². The number of nitrogens with zero attached hydrogens (tertiary/aromatic N) is 2. The summed E-state index contributed by atoms with van der Waals surface area (Å²) >= 11 is 0. The van der Waals surface area contributed by atoms with E-state index in [-0.39, 0.29) is 25.4 Å². The highest BCUT2D eigenvalue weighted by Gasteiger charge is 2.52. The van der Waals surface area contributed by atoms with E-state index in [4.69, 9.17) is 30.1 Å². The third-order valence-corrected chi connectivity index (χ3v) is 6.26. The summed E-state index contributed by atoms with van der Waals surface area (Å²) < 4.78 is 59.7. The summed E-state index contributed by atoms with van der Waals surface area (Å²) in [5.74, 6) is 2.17. The summed E-state index contributed by atoms with van der Waals surface area (Å²) in [4.78, 5) is 12.3. The summed E-state index contributed by atoms with van der Waals surface area (Å²) in [7, 11) is 0. The molecule has 2 aliphatic heterocycles. The maximum absolute atomic E-state index is 15.4. The molecule has 1 aromatic heterocycles. The van der Waals surface area contributed by atoms with Gasteiger partial charge in [-0.3, -0.25) is 4.79 Å². The van der Waals surface area contributed by atoms with Crippen LogP contribution in [-0.4, -0.2) is 100 Å². The molecule has 1 aromatic rings. The minimum atomic E-state index is -4.02. The normalized spacial score (nSPS) is 15.2. The van der Waals surface area contributed by atoms with Crippen LogP contribution in [0.2, 0.25) is 0 Å². The Hall–Kier alpha value is -2.82. The second kappa shape index (κ2) is 15.7. The SMILES string of the molecule is C#CCOCCOCCOCCOCCOCCNC(=O)CCC1=[N+]2C(=Cc3c(C)cc(C)n3[B-]2(F)F)C=C1. The molecule has 39 heavy (non-hydrogen) atoms. The van der Waals surface area contributed by atoms with Gasteiger partial charge in [-0.25, -0.2) is 0 Å². The third-order valence-electron chi connectivity index (χ3n) is 6.26. The number of terminal acetylenes is 1.